The van der Waals surface area contributed by atoms with Crippen molar-refractivity contribution < 1.29 is 4.79 Å². The number of nitrogens with two attached hydrogens (primary N) is 1. The molecule has 1 unspecified atom stereocenters. The van der Waals surface area contributed by atoms with Crippen LogP contribution in [0.1, 0.15) is 24.7 Å². The topological polar surface area (TPSA) is 94.9 Å². The number of amides is 1. The third-order valence-electron chi connectivity index (χ3n) is 3.25. The second-order valence-corrected chi connectivity index (χ2v) is 4.99. The Hall–Kier alpha value is -2.57. The molecule has 1 atom stereocenters. The molecular formula is C14H19N5O2. The fraction of sp³-hybridized carbons (Fsp3) is 0.357. The van der Waals surface area contributed by atoms with Gasteiger partial charge in [0.25, 0.3) is 0 Å². The summed E-state index contributed by atoms with van der Waals surface area (Å²) in [6.07, 6.45) is 1.62. The Labute approximate surface area is 122 Å². The Morgan fingerprint density at radius 3 is 2.62 bits per heavy atom. The van der Waals surface area contributed by atoms with Crippen LogP contribution in [0.5, 0.6) is 0 Å². The molecule has 0 saturated carbocycles. The van der Waals surface area contributed by atoms with Crippen molar-refractivity contribution in [2.75, 3.05) is 5.84 Å². The molecule has 2 aromatic rings. The lowest BCUT2D eigenvalue weighted by atomic mass is 10.1. The van der Waals surface area contributed by atoms with E-state index in [0.29, 0.717) is 0 Å². The third-order valence-corrected chi connectivity index (χ3v) is 3.25. The van der Waals surface area contributed by atoms with E-state index < -0.39 is 11.7 Å². The highest BCUT2D eigenvalue weighted by Crippen LogP contribution is 2.04. The van der Waals surface area contributed by atoms with Gasteiger partial charge in [-0.3, -0.25) is 0 Å². The van der Waals surface area contributed by atoms with E-state index in [-0.39, 0.29) is 11.9 Å². The number of benzene rings is 1. The number of nitrogens with one attached hydrogen (secondary N) is 1. The van der Waals surface area contributed by atoms with Crippen LogP contribution in [0.15, 0.2) is 35.1 Å². The maximum absolute atomic E-state index is 12.0. The van der Waals surface area contributed by atoms with Crippen molar-refractivity contribution in [3.8, 4) is 0 Å². The Morgan fingerprint density at radius 2 is 2.05 bits per heavy atom. The average Bonchev–Trinajstić information content (AvgIpc) is 2.74. The molecule has 1 aromatic carbocycles. The van der Waals surface area contributed by atoms with Gasteiger partial charge in [0.1, 0.15) is 0 Å². The maximum atomic E-state index is 12.0. The van der Waals surface area contributed by atoms with E-state index in [1.165, 1.54) is 5.56 Å². The molecule has 0 aliphatic heterocycles. The Balaban J connectivity index is 1.93. The first kappa shape index (κ1) is 14.8. The fourth-order valence-electron chi connectivity index (χ4n) is 1.98. The van der Waals surface area contributed by atoms with E-state index in [0.717, 1.165) is 22.2 Å². The van der Waals surface area contributed by atoms with Gasteiger partial charge in [-0.2, -0.15) is 4.68 Å². The highest BCUT2D eigenvalue weighted by atomic mass is 16.2. The van der Waals surface area contributed by atoms with E-state index >= 15 is 0 Å². The molecule has 1 heterocycles. The number of aryl methyl sites for hydroxylation is 2. The van der Waals surface area contributed by atoms with Crippen LogP contribution in [0, 0.1) is 6.92 Å². The normalized spacial score (nSPS) is 12.1. The predicted octanol–water partition coefficient (Wildman–Crippen LogP) is 0.646. The van der Waals surface area contributed by atoms with Crippen LogP contribution in [0.25, 0.3) is 0 Å². The van der Waals surface area contributed by atoms with Crippen LogP contribution in [0.3, 0.4) is 0 Å². The summed E-state index contributed by atoms with van der Waals surface area (Å²) in [7, 11) is 0. The number of hydrogen-bond donors (Lipinski definition) is 2. The number of aromatic nitrogens is 3. The van der Waals surface area contributed by atoms with Gasteiger partial charge < -0.3 is 11.2 Å². The molecule has 3 N–H and O–H groups in total. The number of rotatable bonds is 4. The van der Waals surface area contributed by atoms with Gasteiger partial charge in [0, 0.05) is 6.04 Å². The lowest BCUT2D eigenvalue weighted by Crippen LogP contribution is -2.42. The molecule has 0 spiro atoms. The lowest BCUT2D eigenvalue weighted by Gasteiger charge is -2.12. The third kappa shape index (κ3) is 3.50. The van der Waals surface area contributed by atoms with Gasteiger partial charge in [0.2, 0.25) is 0 Å². The first-order chi connectivity index (χ1) is 9.99. The molecule has 1 aromatic heterocycles. The minimum Gasteiger partial charge on any atom is -0.334 e. The number of carbonyl (C=O) groups is 1. The average molecular weight is 289 g/mol. The second-order valence-electron chi connectivity index (χ2n) is 4.99. The molecule has 7 nitrogen and oxygen atoms in total. The first-order valence-corrected chi connectivity index (χ1v) is 6.77. The number of carbonyl (C=O) groups excluding carboxylic acids is 1. The highest BCUT2D eigenvalue weighted by molar-refractivity contribution is 5.75. The number of hydrogen-bond acceptors (Lipinski definition) is 4. The lowest BCUT2D eigenvalue weighted by molar-refractivity contribution is 0.234. The van der Waals surface area contributed by atoms with Crippen molar-refractivity contribution in [3.05, 3.63) is 52.2 Å². The van der Waals surface area contributed by atoms with E-state index in [2.05, 4.69) is 10.4 Å². The zero-order valence-electron chi connectivity index (χ0n) is 12.1. The van der Waals surface area contributed by atoms with Crippen LogP contribution in [-0.2, 0) is 6.42 Å². The quantitative estimate of drug-likeness (QED) is 0.808. The highest BCUT2D eigenvalue weighted by Gasteiger charge is 2.16. The van der Waals surface area contributed by atoms with Crippen molar-refractivity contribution >= 4 is 6.03 Å². The van der Waals surface area contributed by atoms with Gasteiger partial charge in [-0.1, -0.05) is 30.3 Å². The van der Waals surface area contributed by atoms with E-state index in [1.807, 2.05) is 37.3 Å². The zero-order chi connectivity index (χ0) is 15.4. The number of nitrogen functional groups attached to an aromatic ring is 1. The zero-order valence-corrected chi connectivity index (χ0v) is 12.1. The van der Waals surface area contributed by atoms with Crippen molar-refractivity contribution in [1.82, 2.24) is 19.8 Å². The van der Waals surface area contributed by atoms with Gasteiger partial charge in [-0.25, -0.2) is 9.59 Å². The van der Waals surface area contributed by atoms with Crippen LogP contribution >= 0.6 is 0 Å². The molecule has 0 radical (unpaired) electrons. The van der Waals surface area contributed by atoms with Crippen LogP contribution in [-0.4, -0.2) is 26.5 Å². The Morgan fingerprint density at radius 1 is 1.38 bits per heavy atom. The van der Waals surface area contributed by atoms with E-state index in [1.54, 1.807) is 6.92 Å². The van der Waals surface area contributed by atoms with E-state index in [9.17, 15) is 9.59 Å². The monoisotopic (exact) mass is 289 g/mol. The molecule has 0 fully saturated rings. The molecule has 0 bridgehead atoms. The minimum absolute atomic E-state index is 0.0761. The summed E-state index contributed by atoms with van der Waals surface area (Å²) in [6.45, 7) is 3.45. The molecule has 1 amide bonds. The molecule has 0 aliphatic rings. The van der Waals surface area contributed by atoms with Crippen LogP contribution < -0.4 is 16.8 Å². The first-order valence-electron chi connectivity index (χ1n) is 6.77. The van der Waals surface area contributed by atoms with Crippen molar-refractivity contribution in [3.63, 3.8) is 0 Å². The van der Waals surface area contributed by atoms with E-state index in [4.69, 9.17) is 5.84 Å². The Kier molecular flexibility index (Phi) is 4.42. The molecule has 7 heteroatoms. The standard InChI is InChI=1S/C14H19N5O2/c1-10(8-9-12-6-4-3-5-7-12)16-13(20)19-14(21)18(15)11(2)17-19/h3-7,10H,8-9,15H2,1-2H3,(H,16,20). The molecule has 112 valence electrons. The number of nitrogens with zero attached hydrogens (tertiary/aromatic N) is 3. The predicted molar refractivity (Wildman–Crippen MR) is 79.5 cm³/mol. The van der Waals surface area contributed by atoms with Crippen LogP contribution in [0.2, 0.25) is 0 Å². The Bertz CT molecular complexity index is 674. The molecule has 2 rings (SSSR count). The minimum atomic E-state index is -0.653. The van der Waals surface area contributed by atoms with Gasteiger partial charge in [-0.05, 0) is 32.3 Å². The van der Waals surface area contributed by atoms with Gasteiger partial charge in [0.05, 0.1) is 0 Å². The van der Waals surface area contributed by atoms with Gasteiger partial charge in [-0.15, -0.1) is 9.78 Å². The second kappa shape index (κ2) is 6.25. The summed E-state index contributed by atoms with van der Waals surface area (Å²) in [5, 5.41) is 6.55. The van der Waals surface area contributed by atoms with Gasteiger partial charge >= 0.3 is 11.7 Å². The molecule has 0 saturated heterocycles. The smallest absolute Gasteiger partial charge is 0.334 e. The summed E-state index contributed by atoms with van der Waals surface area (Å²) in [5.41, 5.74) is 0.554. The molecular weight excluding hydrogens is 270 g/mol. The molecule has 21 heavy (non-hydrogen) atoms. The van der Waals surface area contributed by atoms with Crippen molar-refractivity contribution in [2.45, 2.75) is 32.7 Å². The fourth-order valence-corrected chi connectivity index (χ4v) is 1.98. The summed E-state index contributed by atoms with van der Waals surface area (Å²) >= 11 is 0. The largest absolute Gasteiger partial charge is 0.373 e. The van der Waals surface area contributed by atoms with Crippen molar-refractivity contribution in [1.29, 1.82) is 0 Å². The summed E-state index contributed by atoms with van der Waals surface area (Å²) in [4.78, 5) is 23.6. The van der Waals surface area contributed by atoms with Crippen molar-refractivity contribution in [2.24, 2.45) is 0 Å². The molecule has 0 aliphatic carbocycles. The summed E-state index contributed by atoms with van der Waals surface area (Å²) in [5.74, 6) is 5.73. The maximum Gasteiger partial charge on any atom is 0.373 e. The van der Waals surface area contributed by atoms with Gasteiger partial charge in [0.15, 0.2) is 5.82 Å². The summed E-state index contributed by atoms with van der Waals surface area (Å²) in [6, 6.07) is 9.37. The SMILES string of the molecule is Cc1nn(C(=O)NC(C)CCc2ccccc2)c(=O)n1N. The summed E-state index contributed by atoms with van der Waals surface area (Å²) < 4.78 is 1.59. The van der Waals surface area contributed by atoms with Crippen LogP contribution in [0.4, 0.5) is 4.79 Å².